The summed E-state index contributed by atoms with van der Waals surface area (Å²) >= 11 is 1.36. The molecule has 1 fully saturated rings. The maximum absolute atomic E-state index is 13.6. The summed E-state index contributed by atoms with van der Waals surface area (Å²) in [5.74, 6) is 0.231. The molecule has 1 aromatic carbocycles. The first-order chi connectivity index (χ1) is 9.70. The SMILES string of the molecule is N#Cc1sc(NCc2ccccc2F)c(C2CC2)c1N. The second-order valence-electron chi connectivity index (χ2n) is 4.92. The van der Waals surface area contributed by atoms with E-state index in [4.69, 9.17) is 11.0 Å². The van der Waals surface area contributed by atoms with Crippen LogP contribution in [0.4, 0.5) is 15.1 Å². The number of hydrogen-bond acceptors (Lipinski definition) is 4. The number of thiophene rings is 1. The van der Waals surface area contributed by atoms with Crippen molar-refractivity contribution in [3.05, 3.63) is 46.1 Å². The fraction of sp³-hybridized carbons (Fsp3) is 0.267. The Hall–Kier alpha value is -2.06. The van der Waals surface area contributed by atoms with E-state index in [-0.39, 0.29) is 5.82 Å². The zero-order valence-electron chi connectivity index (χ0n) is 10.8. The zero-order valence-corrected chi connectivity index (χ0v) is 11.6. The number of nitrogen functional groups attached to an aromatic ring is 1. The second-order valence-corrected chi connectivity index (χ2v) is 5.94. The highest BCUT2D eigenvalue weighted by Crippen LogP contribution is 2.50. The molecule has 1 aliphatic rings. The van der Waals surface area contributed by atoms with E-state index in [1.807, 2.05) is 6.07 Å². The van der Waals surface area contributed by atoms with Crippen molar-refractivity contribution in [1.82, 2.24) is 0 Å². The lowest BCUT2D eigenvalue weighted by atomic mass is 10.1. The topological polar surface area (TPSA) is 61.8 Å². The van der Waals surface area contributed by atoms with Crippen LogP contribution >= 0.6 is 11.3 Å². The minimum Gasteiger partial charge on any atom is -0.397 e. The van der Waals surface area contributed by atoms with Crippen LogP contribution < -0.4 is 11.1 Å². The summed E-state index contributed by atoms with van der Waals surface area (Å²) < 4.78 is 13.6. The van der Waals surface area contributed by atoms with Crippen LogP contribution in [0, 0.1) is 17.1 Å². The summed E-state index contributed by atoms with van der Waals surface area (Å²) in [5.41, 5.74) is 8.28. The van der Waals surface area contributed by atoms with Gasteiger partial charge in [-0.05, 0) is 24.8 Å². The Kier molecular flexibility index (Phi) is 3.33. The minimum atomic E-state index is -0.224. The molecular formula is C15H14FN3S. The van der Waals surface area contributed by atoms with Crippen LogP contribution in [0.15, 0.2) is 24.3 Å². The molecule has 0 unspecified atom stereocenters. The Balaban J connectivity index is 1.84. The number of hydrogen-bond donors (Lipinski definition) is 2. The molecule has 0 radical (unpaired) electrons. The molecular weight excluding hydrogens is 273 g/mol. The second kappa shape index (κ2) is 5.14. The first-order valence-corrected chi connectivity index (χ1v) is 7.32. The van der Waals surface area contributed by atoms with Crippen LogP contribution in [0.25, 0.3) is 0 Å². The smallest absolute Gasteiger partial charge is 0.130 e. The van der Waals surface area contributed by atoms with E-state index in [1.165, 1.54) is 17.4 Å². The van der Waals surface area contributed by atoms with Crippen molar-refractivity contribution in [2.45, 2.75) is 25.3 Å². The molecule has 0 atom stereocenters. The predicted octanol–water partition coefficient (Wildman–Crippen LogP) is 3.83. The number of nitrogens with one attached hydrogen (secondary N) is 1. The van der Waals surface area contributed by atoms with Crippen molar-refractivity contribution in [1.29, 1.82) is 5.26 Å². The fourth-order valence-electron chi connectivity index (χ4n) is 2.27. The number of rotatable bonds is 4. The summed E-state index contributed by atoms with van der Waals surface area (Å²) in [6.45, 7) is 0.400. The van der Waals surface area contributed by atoms with E-state index in [2.05, 4.69) is 11.4 Å². The van der Waals surface area contributed by atoms with E-state index >= 15 is 0 Å². The summed E-state index contributed by atoms with van der Waals surface area (Å²) in [4.78, 5) is 0.544. The van der Waals surface area contributed by atoms with E-state index in [0.717, 1.165) is 23.4 Å². The Bertz CT molecular complexity index is 683. The number of nitriles is 1. The molecule has 2 aromatic rings. The fourth-order valence-corrected chi connectivity index (χ4v) is 3.27. The molecule has 1 heterocycles. The van der Waals surface area contributed by atoms with Gasteiger partial charge < -0.3 is 11.1 Å². The number of halogens is 1. The Morgan fingerprint density at radius 1 is 1.40 bits per heavy atom. The first-order valence-electron chi connectivity index (χ1n) is 6.50. The van der Waals surface area contributed by atoms with Gasteiger partial charge >= 0.3 is 0 Å². The van der Waals surface area contributed by atoms with E-state index in [1.54, 1.807) is 12.1 Å². The molecule has 5 heteroatoms. The molecule has 0 spiro atoms. The third-order valence-corrected chi connectivity index (χ3v) is 4.55. The minimum absolute atomic E-state index is 0.224. The van der Waals surface area contributed by atoms with E-state index < -0.39 is 0 Å². The van der Waals surface area contributed by atoms with Crippen molar-refractivity contribution in [2.75, 3.05) is 11.1 Å². The van der Waals surface area contributed by atoms with Crippen LogP contribution in [0.2, 0.25) is 0 Å². The van der Waals surface area contributed by atoms with E-state index in [9.17, 15) is 4.39 Å². The Labute approximate surface area is 120 Å². The molecule has 3 N–H and O–H groups in total. The van der Waals surface area contributed by atoms with Gasteiger partial charge in [-0.3, -0.25) is 0 Å². The average Bonchev–Trinajstić information content (AvgIpc) is 3.23. The van der Waals surface area contributed by atoms with Gasteiger partial charge in [0.05, 0.1) is 10.7 Å². The third kappa shape index (κ3) is 2.35. The highest BCUT2D eigenvalue weighted by molar-refractivity contribution is 7.17. The lowest BCUT2D eigenvalue weighted by Crippen LogP contribution is -2.02. The van der Waals surface area contributed by atoms with Crippen LogP contribution in [0.5, 0.6) is 0 Å². The van der Waals surface area contributed by atoms with Crippen LogP contribution in [0.1, 0.15) is 34.8 Å². The predicted molar refractivity (Wildman–Crippen MR) is 79.1 cm³/mol. The normalized spacial score (nSPS) is 14.0. The number of anilines is 2. The van der Waals surface area contributed by atoms with Crippen LogP contribution in [0.3, 0.4) is 0 Å². The lowest BCUT2D eigenvalue weighted by Gasteiger charge is -2.08. The lowest BCUT2D eigenvalue weighted by molar-refractivity contribution is 0.613. The molecule has 102 valence electrons. The van der Waals surface area contributed by atoms with Crippen LogP contribution in [-0.4, -0.2) is 0 Å². The Morgan fingerprint density at radius 3 is 2.80 bits per heavy atom. The Morgan fingerprint density at radius 2 is 2.15 bits per heavy atom. The molecule has 0 aliphatic heterocycles. The van der Waals surface area contributed by atoms with Gasteiger partial charge in [-0.1, -0.05) is 18.2 Å². The third-order valence-electron chi connectivity index (χ3n) is 3.47. The molecule has 0 amide bonds. The van der Waals surface area contributed by atoms with Gasteiger partial charge in [0.2, 0.25) is 0 Å². The molecule has 1 aromatic heterocycles. The largest absolute Gasteiger partial charge is 0.397 e. The monoisotopic (exact) mass is 287 g/mol. The molecule has 20 heavy (non-hydrogen) atoms. The van der Waals surface area contributed by atoms with E-state index in [0.29, 0.717) is 28.6 Å². The van der Waals surface area contributed by atoms with Crippen molar-refractivity contribution in [3.8, 4) is 6.07 Å². The standard InChI is InChI=1S/C15H14FN3S/c16-11-4-2-1-3-10(11)8-19-15-13(9-5-6-9)14(18)12(7-17)20-15/h1-4,9,19H,5-6,8,18H2. The maximum Gasteiger partial charge on any atom is 0.130 e. The van der Waals surface area contributed by atoms with Crippen LogP contribution in [-0.2, 0) is 6.54 Å². The quantitative estimate of drug-likeness (QED) is 0.898. The van der Waals surface area contributed by atoms with Gasteiger partial charge in [0.25, 0.3) is 0 Å². The van der Waals surface area contributed by atoms with Crippen molar-refractivity contribution < 1.29 is 4.39 Å². The van der Waals surface area contributed by atoms with Gasteiger partial charge in [0.15, 0.2) is 0 Å². The summed E-state index contributed by atoms with van der Waals surface area (Å²) in [5, 5.41) is 13.2. The zero-order chi connectivity index (χ0) is 14.1. The highest BCUT2D eigenvalue weighted by atomic mass is 32.1. The van der Waals surface area contributed by atoms with Crippen molar-refractivity contribution in [2.24, 2.45) is 0 Å². The molecule has 0 bridgehead atoms. The van der Waals surface area contributed by atoms with Gasteiger partial charge in [-0.25, -0.2) is 4.39 Å². The highest BCUT2D eigenvalue weighted by Gasteiger charge is 2.31. The van der Waals surface area contributed by atoms with Gasteiger partial charge in [-0.2, -0.15) is 5.26 Å². The van der Waals surface area contributed by atoms with Crippen molar-refractivity contribution in [3.63, 3.8) is 0 Å². The molecule has 1 saturated carbocycles. The first kappa shape index (κ1) is 12.9. The molecule has 1 aliphatic carbocycles. The van der Waals surface area contributed by atoms with Gasteiger partial charge in [0.1, 0.15) is 16.8 Å². The molecule has 3 rings (SSSR count). The van der Waals surface area contributed by atoms with Gasteiger partial charge in [0, 0.05) is 17.7 Å². The number of nitrogens with two attached hydrogens (primary N) is 1. The maximum atomic E-state index is 13.6. The van der Waals surface area contributed by atoms with Crippen molar-refractivity contribution >= 4 is 22.0 Å². The van der Waals surface area contributed by atoms with Gasteiger partial charge in [-0.15, -0.1) is 11.3 Å². The summed E-state index contributed by atoms with van der Waals surface area (Å²) in [6.07, 6.45) is 2.22. The molecule has 3 nitrogen and oxygen atoms in total. The molecule has 0 saturated heterocycles. The summed E-state index contributed by atoms with van der Waals surface area (Å²) in [6, 6.07) is 8.81. The summed E-state index contributed by atoms with van der Waals surface area (Å²) in [7, 11) is 0. The number of nitrogens with zero attached hydrogens (tertiary/aromatic N) is 1. The average molecular weight is 287 g/mol. The number of benzene rings is 1.